The van der Waals surface area contributed by atoms with Crippen LogP contribution in [0.4, 0.5) is 0 Å². The summed E-state index contributed by atoms with van der Waals surface area (Å²) in [6.07, 6.45) is 6.23. The molecule has 0 aliphatic rings. The third kappa shape index (κ3) is 9.36. The highest BCUT2D eigenvalue weighted by atomic mass is 16.7. The maximum atomic E-state index is 9.48. The first kappa shape index (κ1) is 11.4. The van der Waals surface area contributed by atoms with Gasteiger partial charge in [-0.25, -0.2) is 0 Å². The smallest absolute Gasteiger partial charge is 0.155 e. The van der Waals surface area contributed by atoms with Gasteiger partial charge in [0, 0.05) is 6.61 Å². The third-order valence-corrected chi connectivity index (χ3v) is 1.70. The van der Waals surface area contributed by atoms with E-state index in [-0.39, 0.29) is 6.61 Å². The molecule has 4 nitrogen and oxygen atoms in total. The second-order valence-corrected chi connectivity index (χ2v) is 2.75. The van der Waals surface area contributed by atoms with E-state index in [2.05, 4.69) is 10.2 Å². The van der Waals surface area contributed by atoms with Crippen molar-refractivity contribution in [1.29, 1.82) is 0 Å². The van der Waals surface area contributed by atoms with Crippen molar-refractivity contribution >= 4 is 0 Å². The second-order valence-electron chi connectivity index (χ2n) is 2.75. The van der Waals surface area contributed by atoms with Gasteiger partial charge in [0.05, 0.1) is 0 Å². The minimum absolute atomic E-state index is 0.290. The molecule has 0 fully saturated rings. The molecule has 0 aliphatic carbocycles. The summed E-state index contributed by atoms with van der Waals surface area (Å²) >= 11 is 0. The van der Waals surface area contributed by atoms with Crippen molar-refractivity contribution in [2.24, 2.45) is 5.34 Å². The van der Waals surface area contributed by atoms with Crippen LogP contribution >= 0.6 is 0 Å². The number of hydrogen-bond donors (Lipinski definition) is 1. The van der Waals surface area contributed by atoms with Crippen molar-refractivity contribution in [3.63, 3.8) is 0 Å². The van der Waals surface area contributed by atoms with Crippen LogP contribution in [0.5, 0.6) is 0 Å². The molecule has 0 bridgehead atoms. The van der Waals surface area contributed by atoms with Crippen molar-refractivity contribution in [1.82, 2.24) is 0 Å². The minimum atomic E-state index is 0.290. The molecule has 0 heterocycles. The highest BCUT2D eigenvalue weighted by molar-refractivity contribution is 4.43. The summed E-state index contributed by atoms with van der Waals surface area (Å²) in [6.45, 7) is 0.724. The van der Waals surface area contributed by atoms with Crippen LogP contribution in [0.15, 0.2) is 5.34 Å². The standard InChI is InChI=1S/C8H17NO3/c10-7-5-3-1-2-4-6-8-12-9-11/h10H,1-8H2. The van der Waals surface area contributed by atoms with Crippen molar-refractivity contribution < 1.29 is 9.94 Å². The lowest BCUT2D eigenvalue weighted by atomic mass is 10.1. The van der Waals surface area contributed by atoms with Gasteiger partial charge in [-0.1, -0.05) is 19.3 Å². The Bertz CT molecular complexity index is 98.3. The van der Waals surface area contributed by atoms with E-state index >= 15 is 0 Å². The molecule has 72 valence electrons. The average Bonchev–Trinajstić information content (AvgIpc) is 2.10. The van der Waals surface area contributed by atoms with E-state index < -0.39 is 0 Å². The highest BCUT2D eigenvalue weighted by Gasteiger charge is 1.90. The van der Waals surface area contributed by atoms with Crippen LogP contribution in [0.2, 0.25) is 0 Å². The van der Waals surface area contributed by atoms with E-state index in [0.717, 1.165) is 38.5 Å². The van der Waals surface area contributed by atoms with Crippen LogP contribution in [0.1, 0.15) is 38.5 Å². The van der Waals surface area contributed by atoms with E-state index in [4.69, 9.17) is 5.11 Å². The van der Waals surface area contributed by atoms with Crippen molar-refractivity contribution in [3.05, 3.63) is 4.91 Å². The fourth-order valence-electron chi connectivity index (χ4n) is 1.02. The predicted molar refractivity (Wildman–Crippen MR) is 46.5 cm³/mol. The van der Waals surface area contributed by atoms with Crippen LogP contribution in [-0.2, 0) is 4.84 Å². The van der Waals surface area contributed by atoms with Crippen LogP contribution in [0, 0.1) is 4.91 Å². The first-order valence-electron chi connectivity index (χ1n) is 4.47. The molecule has 0 aliphatic heterocycles. The Morgan fingerprint density at radius 1 is 1.00 bits per heavy atom. The maximum absolute atomic E-state index is 9.48. The zero-order chi connectivity index (χ0) is 9.07. The lowest BCUT2D eigenvalue weighted by Crippen LogP contribution is -1.88. The van der Waals surface area contributed by atoms with E-state index in [1.807, 2.05) is 0 Å². The largest absolute Gasteiger partial charge is 0.396 e. The SMILES string of the molecule is O=NOCCCCCCCCO. The molecule has 0 saturated carbocycles. The van der Waals surface area contributed by atoms with Gasteiger partial charge in [0.1, 0.15) is 6.61 Å². The van der Waals surface area contributed by atoms with Crippen LogP contribution in [-0.4, -0.2) is 18.3 Å². The Hall–Kier alpha value is -0.640. The fourth-order valence-corrected chi connectivity index (χ4v) is 1.02. The van der Waals surface area contributed by atoms with Crippen LogP contribution < -0.4 is 0 Å². The number of hydrogen-bond acceptors (Lipinski definition) is 4. The third-order valence-electron chi connectivity index (χ3n) is 1.70. The molecular weight excluding hydrogens is 158 g/mol. The molecule has 12 heavy (non-hydrogen) atoms. The van der Waals surface area contributed by atoms with Crippen LogP contribution in [0.3, 0.4) is 0 Å². The lowest BCUT2D eigenvalue weighted by Gasteiger charge is -1.98. The van der Waals surface area contributed by atoms with E-state index in [1.165, 1.54) is 0 Å². The summed E-state index contributed by atoms with van der Waals surface area (Å²) in [5.74, 6) is 0. The number of unbranched alkanes of at least 4 members (excludes halogenated alkanes) is 5. The number of aliphatic hydroxyl groups excluding tert-OH is 1. The molecule has 0 aromatic rings. The summed E-state index contributed by atoms with van der Waals surface area (Å²) in [7, 11) is 0. The van der Waals surface area contributed by atoms with E-state index in [1.54, 1.807) is 0 Å². The summed E-state index contributed by atoms with van der Waals surface area (Å²) in [5, 5.41) is 10.8. The van der Waals surface area contributed by atoms with Crippen molar-refractivity contribution in [3.8, 4) is 0 Å². The Labute approximate surface area is 72.9 Å². The zero-order valence-corrected chi connectivity index (χ0v) is 7.37. The van der Waals surface area contributed by atoms with Gasteiger partial charge in [0.2, 0.25) is 0 Å². The molecule has 0 radical (unpaired) electrons. The highest BCUT2D eigenvalue weighted by Crippen LogP contribution is 2.04. The molecule has 4 heteroatoms. The Morgan fingerprint density at radius 3 is 2.17 bits per heavy atom. The first-order chi connectivity index (χ1) is 5.91. The van der Waals surface area contributed by atoms with Gasteiger partial charge in [-0.2, -0.15) is 0 Å². The van der Waals surface area contributed by atoms with Gasteiger partial charge in [0.15, 0.2) is 5.34 Å². The van der Waals surface area contributed by atoms with E-state index in [0.29, 0.717) is 6.61 Å². The van der Waals surface area contributed by atoms with Gasteiger partial charge in [-0.05, 0) is 19.3 Å². The lowest BCUT2D eigenvalue weighted by molar-refractivity contribution is 0.135. The monoisotopic (exact) mass is 175 g/mol. The first-order valence-corrected chi connectivity index (χ1v) is 4.47. The van der Waals surface area contributed by atoms with Gasteiger partial charge < -0.3 is 9.94 Å². The molecule has 1 N–H and O–H groups in total. The van der Waals surface area contributed by atoms with Crippen molar-refractivity contribution in [2.45, 2.75) is 38.5 Å². The summed E-state index contributed by atoms with van der Waals surface area (Å²) in [4.78, 5) is 13.8. The topological polar surface area (TPSA) is 58.9 Å². The molecule has 0 amide bonds. The number of rotatable bonds is 9. The molecule has 0 unspecified atom stereocenters. The van der Waals surface area contributed by atoms with Crippen LogP contribution in [0.25, 0.3) is 0 Å². The second kappa shape index (κ2) is 10.4. The maximum Gasteiger partial charge on any atom is 0.155 e. The molecule has 0 atom stereocenters. The fraction of sp³-hybridized carbons (Fsp3) is 1.00. The average molecular weight is 175 g/mol. The molecule has 0 aromatic heterocycles. The molecular formula is C8H17NO3. The summed E-state index contributed by atoms with van der Waals surface area (Å²) < 4.78 is 0. The van der Waals surface area contributed by atoms with Gasteiger partial charge >= 0.3 is 0 Å². The minimum Gasteiger partial charge on any atom is -0.396 e. The van der Waals surface area contributed by atoms with E-state index in [9.17, 15) is 4.91 Å². The van der Waals surface area contributed by atoms with Gasteiger partial charge in [-0.3, -0.25) is 0 Å². The molecule has 0 spiro atoms. The Morgan fingerprint density at radius 2 is 1.58 bits per heavy atom. The predicted octanol–water partition coefficient (Wildman–Crippen LogP) is 2.02. The zero-order valence-electron chi connectivity index (χ0n) is 7.37. The van der Waals surface area contributed by atoms with Gasteiger partial charge in [-0.15, -0.1) is 4.91 Å². The Balaban J connectivity index is 2.77. The normalized spacial score (nSPS) is 9.75. The van der Waals surface area contributed by atoms with Crippen molar-refractivity contribution in [2.75, 3.05) is 13.2 Å². The quantitative estimate of drug-likeness (QED) is 0.331. The molecule has 0 saturated heterocycles. The molecule has 0 aromatic carbocycles. The Kier molecular flexibility index (Phi) is 9.81. The van der Waals surface area contributed by atoms with Gasteiger partial charge in [0.25, 0.3) is 0 Å². The number of nitrogens with zero attached hydrogens (tertiary/aromatic N) is 1. The molecule has 0 rings (SSSR count). The summed E-state index contributed by atoms with van der Waals surface area (Å²) in [6, 6.07) is 0. The summed E-state index contributed by atoms with van der Waals surface area (Å²) in [5.41, 5.74) is 0. The number of aliphatic hydroxyl groups is 1.